The van der Waals surface area contributed by atoms with Gasteiger partial charge < -0.3 is 10.1 Å². The van der Waals surface area contributed by atoms with Crippen molar-refractivity contribution in [2.24, 2.45) is 22.7 Å². The Bertz CT molecular complexity index is 1210. The van der Waals surface area contributed by atoms with Crippen molar-refractivity contribution in [3.63, 3.8) is 0 Å². The lowest BCUT2D eigenvalue weighted by molar-refractivity contribution is -0.114. The summed E-state index contributed by atoms with van der Waals surface area (Å²) in [7, 11) is 6.17. The Hall–Kier alpha value is -2.35. The van der Waals surface area contributed by atoms with E-state index in [1.54, 1.807) is 5.57 Å². The summed E-state index contributed by atoms with van der Waals surface area (Å²) in [5.41, 5.74) is 5.39. The van der Waals surface area contributed by atoms with Crippen LogP contribution in [0.15, 0.2) is 47.1 Å². The predicted octanol–water partition coefficient (Wildman–Crippen LogP) is 6.28. The monoisotopic (exact) mass is 500 g/mol. The summed E-state index contributed by atoms with van der Waals surface area (Å²) in [5, 5.41) is 16.4. The van der Waals surface area contributed by atoms with Crippen LogP contribution in [0.5, 0.6) is 0 Å². The molecule has 5 rings (SSSR count). The number of fused-ring (bicyclic) bond motifs is 4. The number of rotatable bonds is 3. The van der Waals surface area contributed by atoms with E-state index in [0.29, 0.717) is 18.3 Å². The van der Waals surface area contributed by atoms with Crippen molar-refractivity contribution >= 4 is 11.5 Å². The van der Waals surface area contributed by atoms with E-state index in [1.165, 1.54) is 16.7 Å². The molecule has 2 fully saturated rings. The molecule has 0 aliphatic heterocycles. The molecule has 0 aromatic heterocycles. The van der Waals surface area contributed by atoms with E-state index in [2.05, 4.69) is 80.9 Å². The molecule has 0 radical (unpaired) electrons. The summed E-state index contributed by atoms with van der Waals surface area (Å²) >= 11 is 0. The molecule has 37 heavy (non-hydrogen) atoms. The van der Waals surface area contributed by atoms with Gasteiger partial charge in [-0.05, 0) is 106 Å². The number of nitrogens with zero attached hydrogens (tertiary/aromatic N) is 2. The maximum Gasteiger partial charge on any atom is 0.156 e. The fourth-order valence-electron chi connectivity index (χ4n) is 7.61. The summed E-state index contributed by atoms with van der Waals surface area (Å²) in [6.45, 7) is 8.68. The number of hydrazine groups is 1. The van der Waals surface area contributed by atoms with Crippen LogP contribution in [0.1, 0.15) is 84.1 Å². The van der Waals surface area contributed by atoms with Gasteiger partial charge in [-0.1, -0.05) is 36.5 Å². The first-order valence-corrected chi connectivity index (χ1v) is 14.1. The Morgan fingerprint density at radius 2 is 1.73 bits per heavy atom. The van der Waals surface area contributed by atoms with Crippen LogP contribution in [0.3, 0.4) is 0 Å². The topological polar surface area (TPSA) is 43.8 Å². The second-order valence-corrected chi connectivity index (χ2v) is 13.4. The number of hydrogen-bond donors (Lipinski definition) is 1. The van der Waals surface area contributed by atoms with Crippen LogP contribution in [-0.2, 0) is 4.79 Å². The number of aliphatic hydroxyl groups is 1. The molecule has 198 valence electrons. The Labute approximate surface area is 223 Å². The number of allylic oxidation sites excluding steroid dienone is 4. The lowest BCUT2D eigenvalue weighted by Gasteiger charge is -2.53. The van der Waals surface area contributed by atoms with Crippen LogP contribution in [0.25, 0.3) is 0 Å². The minimum atomic E-state index is -0.969. The zero-order valence-electron chi connectivity index (χ0n) is 23.8. The van der Waals surface area contributed by atoms with Gasteiger partial charge in [-0.15, -0.1) is 0 Å². The number of ketones is 1. The molecule has 0 amide bonds. The van der Waals surface area contributed by atoms with Crippen LogP contribution in [0, 0.1) is 34.5 Å². The second-order valence-electron chi connectivity index (χ2n) is 13.4. The maximum absolute atomic E-state index is 12.3. The third-order valence-electron chi connectivity index (χ3n) is 9.80. The average Bonchev–Trinajstić information content (AvgIpc) is 3.11. The van der Waals surface area contributed by atoms with Crippen LogP contribution >= 0.6 is 0 Å². The first-order valence-electron chi connectivity index (χ1n) is 14.1. The van der Waals surface area contributed by atoms with Crippen molar-refractivity contribution in [1.82, 2.24) is 5.01 Å². The molecule has 1 aromatic rings. The molecule has 0 bridgehead atoms. The van der Waals surface area contributed by atoms with Gasteiger partial charge in [0, 0.05) is 44.3 Å². The standard InChI is InChI=1S/C33H44N2O2/c1-31(2,3)18-19-33(37)17-16-29-27-14-10-23-20-25(36)13-15-26(23)30(27)28(21-32(29,33)4)22-8-11-24(12-9-22)35(7)34(5)6/h8-9,11-12,20,27-29,37H,10,13-17,21H2,1-7H3/t27-,28+,29-,32-,33+/m0/s1. The van der Waals surface area contributed by atoms with Crippen molar-refractivity contribution in [2.75, 3.05) is 26.2 Å². The molecule has 0 unspecified atom stereocenters. The molecule has 0 saturated heterocycles. The van der Waals surface area contributed by atoms with Crippen molar-refractivity contribution in [1.29, 1.82) is 0 Å². The molecule has 0 spiro atoms. The van der Waals surface area contributed by atoms with Gasteiger partial charge in [-0.2, -0.15) is 0 Å². The smallest absolute Gasteiger partial charge is 0.156 e. The molecular formula is C33H44N2O2. The summed E-state index contributed by atoms with van der Waals surface area (Å²) in [5.74, 6) is 8.20. The van der Waals surface area contributed by atoms with Crippen molar-refractivity contribution in [3.8, 4) is 11.8 Å². The molecule has 4 heteroatoms. The summed E-state index contributed by atoms with van der Waals surface area (Å²) in [6.07, 6.45) is 8.13. The highest BCUT2D eigenvalue weighted by molar-refractivity contribution is 5.93. The lowest BCUT2D eigenvalue weighted by atomic mass is 9.51. The predicted molar refractivity (Wildman–Crippen MR) is 151 cm³/mol. The normalized spacial score (nSPS) is 33.3. The first-order chi connectivity index (χ1) is 17.3. The van der Waals surface area contributed by atoms with Gasteiger partial charge in [-0.25, -0.2) is 5.01 Å². The van der Waals surface area contributed by atoms with Crippen LogP contribution in [0.2, 0.25) is 0 Å². The molecule has 4 aliphatic carbocycles. The van der Waals surface area contributed by atoms with E-state index in [0.717, 1.165) is 44.2 Å². The minimum Gasteiger partial charge on any atom is -0.377 e. The van der Waals surface area contributed by atoms with Gasteiger partial charge >= 0.3 is 0 Å². The third kappa shape index (κ3) is 4.49. The van der Waals surface area contributed by atoms with Gasteiger partial charge in [0.05, 0.1) is 5.69 Å². The van der Waals surface area contributed by atoms with Gasteiger partial charge in [0.25, 0.3) is 0 Å². The molecule has 4 aliphatic rings. The molecule has 2 saturated carbocycles. The highest BCUT2D eigenvalue weighted by atomic mass is 16.3. The zero-order chi connectivity index (χ0) is 26.8. The van der Waals surface area contributed by atoms with E-state index < -0.39 is 5.60 Å². The van der Waals surface area contributed by atoms with Crippen molar-refractivity contribution in [3.05, 3.63) is 52.6 Å². The Morgan fingerprint density at radius 1 is 1.03 bits per heavy atom. The maximum atomic E-state index is 12.3. The molecule has 4 nitrogen and oxygen atoms in total. The third-order valence-corrected chi connectivity index (χ3v) is 9.80. The Balaban J connectivity index is 1.63. The van der Waals surface area contributed by atoms with Gasteiger partial charge in [0.15, 0.2) is 5.78 Å². The van der Waals surface area contributed by atoms with Crippen molar-refractivity contribution in [2.45, 2.75) is 84.2 Å². The van der Waals surface area contributed by atoms with Crippen LogP contribution < -0.4 is 5.01 Å². The highest BCUT2D eigenvalue weighted by Crippen LogP contribution is 2.66. The summed E-state index contributed by atoms with van der Waals surface area (Å²) in [4.78, 5) is 12.3. The Morgan fingerprint density at radius 3 is 2.38 bits per heavy atom. The van der Waals surface area contributed by atoms with E-state index in [9.17, 15) is 9.90 Å². The molecule has 1 N–H and O–H groups in total. The molecule has 0 heterocycles. The number of carbonyl (C=O) groups excluding carboxylic acids is 1. The van der Waals surface area contributed by atoms with Gasteiger partial charge in [-0.3, -0.25) is 4.79 Å². The number of anilines is 1. The van der Waals surface area contributed by atoms with E-state index in [-0.39, 0.29) is 22.5 Å². The zero-order valence-corrected chi connectivity index (χ0v) is 23.8. The van der Waals surface area contributed by atoms with Gasteiger partial charge in [0.2, 0.25) is 0 Å². The van der Waals surface area contributed by atoms with Crippen molar-refractivity contribution < 1.29 is 9.90 Å². The molecule has 1 aromatic carbocycles. The summed E-state index contributed by atoms with van der Waals surface area (Å²) < 4.78 is 0. The lowest BCUT2D eigenvalue weighted by Crippen LogP contribution is -2.51. The summed E-state index contributed by atoms with van der Waals surface area (Å²) in [6, 6.07) is 9.01. The average molecular weight is 501 g/mol. The molecular weight excluding hydrogens is 456 g/mol. The number of hydrogen-bond acceptors (Lipinski definition) is 4. The fourth-order valence-corrected chi connectivity index (χ4v) is 7.61. The fraction of sp³-hybridized carbons (Fsp3) is 0.606. The van der Waals surface area contributed by atoms with E-state index in [4.69, 9.17) is 0 Å². The SMILES string of the molecule is CN(C)N(C)c1ccc([C@H]2C[C@@]3(C)[C@@H](CC[C@@]3(O)C#CC(C)(C)C)[C@@H]3CCC4=CC(=O)CCC4=C32)cc1. The highest BCUT2D eigenvalue weighted by Gasteiger charge is 2.62. The van der Waals surface area contributed by atoms with Crippen LogP contribution in [0.4, 0.5) is 5.69 Å². The largest absolute Gasteiger partial charge is 0.377 e. The number of carbonyl (C=O) groups is 1. The number of benzene rings is 1. The van der Waals surface area contributed by atoms with E-state index >= 15 is 0 Å². The minimum absolute atomic E-state index is 0.140. The quantitative estimate of drug-likeness (QED) is 0.392. The first kappa shape index (κ1) is 26.3. The Kier molecular flexibility index (Phi) is 6.49. The van der Waals surface area contributed by atoms with Gasteiger partial charge in [0.1, 0.15) is 5.60 Å². The van der Waals surface area contributed by atoms with E-state index in [1.807, 2.05) is 20.2 Å². The molecule has 5 atom stereocenters. The van der Waals surface area contributed by atoms with Crippen LogP contribution in [-0.4, -0.2) is 42.6 Å². The second kappa shape index (κ2) is 9.14.